The van der Waals surface area contributed by atoms with Crippen molar-refractivity contribution in [2.45, 2.75) is 59.9 Å². The lowest BCUT2D eigenvalue weighted by molar-refractivity contribution is -0.169. The van der Waals surface area contributed by atoms with E-state index < -0.39 is 18.8 Å². The van der Waals surface area contributed by atoms with Crippen LogP contribution in [0.2, 0.25) is 0 Å². The summed E-state index contributed by atoms with van der Waals surface area (Å²) in [5.41, 5.74) is 0.397. The summed E-state index contributed by atoms with van der Waals surface area (Å²) >= 11 is 0. The number of ether oxygens (including phenoxy) is 2. The normalized spacial score (nSPS) is 12.5. The highest BCUT2D eigenvalue weighted by Crippen LogP contribution is 2.51. The molecule has 0 radical (unpaired) electrons. The van der Waals surface area contributed by atoms with Gasteiger partial charge in [0.1, 0.15) is 5.60 Å². The summed E-state index contributed by atoms with van der Waals surface area (Å²) in [6.07, 6.45) is 0.456. The van der Waals surface area contributed by atoms with Gasteiger partial charge in [-0.15, -0.1) is 0 Å². The van der Waals surface area contributed by atoms with Gasteiger partial charge in [0.15, 0.2) is 0 Å². The molecule has 0 saturated heterocycles. The summed E-state index contributed by atoms with van der Waals surface area (Å²) < 4.78 is 41.0. The Labute approximate surface area is 203 Å². The fraction of sp³-hybridized carbons (Fsp3) is 0.500. The molecule has 2 aromatic carbocycles. The van der Waals surface area contributed by atoms with Crippen LogP contribution >= 0.6 is 7.82 Å². The number of carbonyl (C=O) groups excluding carboxylic acids is 1. The smallest absolute Gasteiger partial charge is 0.459 e. The Morgan fingerprint density at radius 2 is 1.26 bits per heavy atom. The maximum absolute atomic E-state index is 13.2. The molecule has 0 aliphatic rings. The number of hydrogen-bond donors (Lipinski definition) is 0. The standard InChI is InChI=1S/C26H37O7P/c1-25(2,3)33-24(27)26(4,5)21-29-17-12-18-30-34(28,31-19-22-13-8-6-9-14-22)32-20-23-15-10-7-11-16-23/h6-11,13-16H,12,17-21H2,1-5H3. The Kier molecular flexibility index (Phi) is 10.9. The average Bonchev–Trinajstić information content (AvgIpc) is 2.79. The van der Waals surface area contributed by atoms with Gasteiger partial charge in [0.2, 0.25) is 0 Å². The van der Waals surface area contributed by atoms with E-state index in [0.29, 0.717) is 13.0 Å². The first kappa shape index (κ1) is 28.2. The topological polar surface area (TPSA) is 80.3 Å². The van der Waals surface area contributed by atoms with Crippen LogP contribution in [-0.2, 0) is 45.6 Å². The zero-order chi connectivity index (χ0) is 25.1. The molecule has 0 unspecified atom stereocenters. The first-order valence-electron chi connectivity index (χ1n) is 11.4. The minimum atomic E-state index is -3.80. The van der Waals surface area contributed by atoms with Gasteiger partial charge < -0.3 is 9.47 Å². The zero-order valence-corrected chi connectivity index (χ0v) is 21.7. The van der Waals surface area contributed by atoms with Crippen LogP contribution < -0.4 is 0 Å². The lowest BCUT2D eigenvalue weighted by atomic mass is 9.94. The number of esters is 1. The molecule has 0 aliphatic carbocycles. The van der Waals surface area contributed by atoms with Crippen LogP contribution in [0, 0.1) is 5.41 Å². The second kappa shape index (κ2) is 13.2. The molecule has 0 spiro atoms. The van der Waals surface area contributed by atoms with Crippen molar-refractivity contribution in [1.29, 1.82) is 0 Å². The van der Waals surface area contributed by atoms with E-state index in [1.165, 1.54) is 0 Å². The van der Waals surface area contributed by atoms with E-state index in [-0.39, 0.29) is 32.4 Å². The third kappa shape index (κ3) is 10.9. The van der Waals surface area contributed by atoms with Crippen molar-refractivity contribution in [2.24, 2.45) is 5.41 Å². The second-order valence-electron chi connectivity index (χ2n) is 9.59. The van der Waals surface area contributed by atoms with Crippen LogP contribution in [0.25, 0.3) is 0 Å². The van der Waals surface area contributed by atoms with E-state index in [2.05, 4.69) is 0 Å². The molecule has 0 N–H and O–H groups in total. The van der Waals surface area contributed by atoms with Gasteiger partial charge in [-0.2, -0.15) is 0 Å². The Bertz CT molecular complexity index is 860. The summed E-state index contributed by atoms with van der Waals surface area (Å²) in [5.74, 6) is -0.315. The lowest BCUT2D eigenvalue weighted by Gasteiger charge is -2.28. The van der Waals surface area contributed by atoms with Crippen molar-refractivity contribution >= 4 is 13.8 Å². The Morgan fingerprint density at radius 3 is 1.74 bits per heavy atom. The van der Waals surface area contributed by atoms with E-state index in [1.54, 1.807) is 13.8 Å². The highest BCUT2D eigenvalue weighted by molar-refractivity contribution is 7.48. The van der Waals surface area contributed by atoms with Gasteiger partial charge in [0.25, 0.3) is 0 Å². The molecule has 0 fully saturated rings. The summed E-state index contributed by atoms with van der Waals surface area (Å²) in [4.78, 5) is 12.3. The molecule has 188 valence electrons. The Morgan fingerprint density at radius 1 is 0.765 bits per heavy atom. The molecule has 2 aromatic rings. The predicted molar refractivity (Wildman–Crippen MR) is 131 cm³/mol. The number of hydrogen-bond acceptors (Lipinski definition) is 7. The largest absolute Gasteiger partial charge is 0.475 e. The van der Waals surface area contributed by atoms with Crippen molar-refractivity contribution in [3.8, 4) is 0 Å². The van der Waals surface area contributed by atoms with Crippen molar-refractivity contribution in [3.05, 3.63) is 71.8 Å². The lowest BCUT2D eigenvalue weighted by Crippen LogP contribution is -2.37. The summed E-state index contributed by atoms with van der Waals surface area (Å²) in [6, 6.07) is 18.8. The molecular formula is C26H37O7P. The van der Waals surface area contributed by atoms with Crippen LogP contribution in [0.15, 0.2) is 60.7 Å². The molecule has 0 atom stereocenters. The van der Waals surface area contributed by atoms with Gasteiger partial charge in [-0.3, -0.25) is 18.4 Å². The van der Waals surface area contributed by atoms with Crippen molar-refractivity contribution < 1.29 is 32.4 Å². The zero-order valence-electron chi connectivity index (χ0n) is 20.8. The van der Waals surface area contributed by atoms with E-state index >= 15 is 0 Å². The minimum Gasteiger partial charge on any atom is -0.459 e. The maximum Gasteiger partial charge on any atom is 0.475 e. The molecular weight excluding hydrogens is 455 g/mol. The number of rotatable bonds is 14. The van der Waals surface area contributed by atoms with Gasteiger partial charge >= 0.3 is 13.8 Å². The molecule has 0 amide bonds. The maximum atomic E-state index is 13.2. The van der Waals surface area contributed by atoms with Crippen LogP contribution in [0.5, 0.6) is 0 Å². The Balaban J connectivity index is 1.81. The quantitative estimate of drug-likeness (QED) is 0.173. The molecule has 7 nitrogen and oxygen atoms in total. The number of benzene rings is 2. The number of carbonyl (C=O) groups is 1. The minimum absolute atomic E-state index is 0.105. The van der Waals surface area contributed by atoms with Gasteiger partial charge in [-0.25, -0.2) is 4.57 Å². The summed E-state index contributed by atoms with van der Waals surface area (Å²) in [5, 5.41) is 0. The fourth-order valence-electron chi connectivity index (χ4n) is 2.71. The highest BCUT2D eigenvalue weighted by Gasteiger charge is 2.33. The van der Waals surface area contributed by atoms with E-state index in [4.69, 9.17) is 23.0 Å². The van der Waals surface area contributed by atoms with E-state index in [1.807, 2.05) is 81.4 Å². The monoisotopic (exact) mass is 492 g/mol. The molecule has 0 saturated carbocycles. The van der Waals surface area contributed by atoms with Crippen LogP contribution in [0.3, 0.4) is 0 Å². The predicted octanol–water partition coefficient (Wildman–Crippen LogP) is 6.32. The SMILES string of the molecule is CC(C)(C)OC(=O)C(C)(C)COCCCOP(=O)(OCc1ccccc1)OCc1ccccc1. The average molecular weight is 493 g/mol. The number of phosphoric ester groups is 1. The summed E-state index contributed by atoms with van der Waals surface area (Å²) in [7, 11) is -3.80. The van der Waals surface area contributed by atoms with E-state index in [0.717, 1.165) is 11.1 Å². The molecule has 0 heterocycles. The second-order valence-corrected chi connectivity index (χ2v) is 11.3. The van der Waals surface area contributed by atoms with Crippen LogP contribution in [-0.4, -0.2) is 31.4 Å². The Hall–Kier alpha value is -2.02. The van der Waals surface area contributed by atoms with Crippen LogP contribution in [0.4, 0.5) is 0 Å². The van der Waals surface area contributed by atoms with Crippen molar-refractivity contribution in [1.82, 2.24) is 0 Å². The van der Waals surface area contributed by atoms with Crippen molar-refractivity contribution in [2.75, 3.05) is 19.8 Å². The highest BCUT2D eigenvalue weighted by atomic mass is 31.2. The van der Waals surface area contributed by atoms with Crippen LogP contribution in [0.1, 0.15) is 52.2 Å². The molecule has 2 rings (SSSR count). The van der Waals surface area contributed by atoms with E-state index in [9.17, 15) is 9.36 Å². The molecule has 0 bridgehead atoms. The molecule has 0 aliphatic heterocycles. The third-order valence-corrected chi connectivity index (χ3v) is 5.95. The van der Waals surface area contributed by atoms with Gasteiger partial charge in [-0.1, -0.05) is 60.7 Å². The first-order chi connectivity index (χ1) is 16.0. The number of phosphoric acid groups is 1. The molecule has 34 heavy (non-hydrogen) atoms. The van der Waals surface area contributed by atoms with Gasteiger partial charge in [-0.05, 0) is 52.2 Å². The first-order valence-corrected chi connectivity index (χ1v) is 12.9. The molecule has 8 heteroatoms. The van der Waals surface area contributed by atoms with Crippen molar-refractivity contribution in [3.63, 3.8) is 0 Å². The fourth-order valence-corrected chi connectivity index (χ4v) is 3.90. The third-order valence-electron chi connectivity index (χ3n) is 4.56. The molecule has 0 aromatic heterocycles. The van der Waals surface area contributed by atoms with Gasteiger partial charge in [0, 0.05) is 6.61 Å². The van der Waals surface area contributed by atoms with Gasteiger partial charge in [0.05, 0.1) is 31.8 Å². The summed E-state index contributed by atoms with van der Waals surface area (Å²) in [6.45, 7) is 9.90.